The third-order valence-electron chi connectivity index (χ3n) is 3.27. The molecule has 2 N–H and O–H groups in total. The molecule has 0 saturated heterocycles. The quantitative estimate of drug-likeness (QED) is 0.765. The lowest BCUT2D eigenvalue weighted by Crippen LogP contribution is -2.12. The second-order valence-corrected chi connectivity index (χ2v) is 5.57. The summed E-state index contributed by atoms with van der Waals surface area (Å²) in [6, 6.07) is 1.34. The van der Waals surface area contributed by atoms with Crippen LogP contribution in [0.15, 0.2) is 18.3 Å². The van der Waals surface area contributed by atoms with Crippen LogP contribution in [0.1, 0.15) is 13.8 Å². The van der Waals surface area contributed by atoms with Gasteiger partial charge >= 0.3 is 0 Å². The number of aryl methyl sites for hydroxylation is 1. The highest BCUT2D eigenvalue weighted by Crippen LogP contribution is 2.25. The molecular weight excluding hydrogens is 321 g/mol. The van der Waals surface area contributed by atoms with E-state index in [0.29, 0.717) is 29.2 Å². The Balaban J connectivity index is 2.00. The van der Waals surface area contributed by atoms with Crippen molar-refractivity contribution in [3.8, 4) is 0 Å². The zero-order valence-corrected chi connectivity index (χ0v) is 13.2. The number of benzene rings is 1. The van der Waals surface area contributed by atoms with E-state index < -0.39 is 23.1 Å². The Morgan fingerprint density at radius 3 is 2.38 bits per heavy atom. The molecule has 0 fully saturated rings. The van der Waals surface area contributed by atoms with Gasteiger partial charge in [-0.3, -0.25) is 4.57 Å². The third-order valence-corrected chi connectivity index (χ3v) is 3.27. The average molecular weight is 336 g/mol. The average Bonchev–Trinajstić information content (AvgIpc) is 2.79. The summed E-state index contributed by atoms with van der Waals surface area (Å²) >= 11 is 0. The number of nitrogens with one attached hydrogen (secondary N) is 2. The standard InChI is InChI=1S/C15H15F3N6/c1-7(2)20-14-19-6-11-13(23-14)24(3)15(21-11)22-12-9(17)4-8(16)5-10(12)18/h4-7H,1-3H3,(H,21,22)(H,19,20,23). The minimum absolute atomic E-state index is 0.149. The predicted octanol–water partition coefficient (Wildman–Crippen LogP) is 3.34. The third kappa shape index (κ3) is 2.97. The van der Waals surface area contributed by atoms with Gasteiger partial charge in [0.1, 0.15) is 17.0 Å². The summed E-state index contributed by atoms with van der Waals surface area (Å²) in [7, 11) is 1.64. The maximum absolute atomic E-state index is 13.8. The highest BCUT2D eigenvalue weighted by molar-refractivity contribution is 5.76. The molecule has 1 aromatic carbocycles. The van der Waals surface area contributed by atoms with Crippen LogP contribution in [0.5, 0.6) is 0 Å². The van der Waals surface area contributed by atoms with Gasteiger partial charge in [0.25, 0.3) is 0 Å². The first-order valence-electron chi connectivity index (χ1n) is 7.22. The maximum atomic E-state index is 13.8. The largest absolute Gasteiger partial charge is 0.352 e. The Kier molecular flexibility index (Phi) is 4.00. The predicted molar refractivity (Wildman–Crippen MR) is 84.7 cm³/mol. The van der Waals surface area contributed by atoms with Crippen molar-refractivity contribution < 1.29 is 13.2 Å². The summed E-state index contributed by atoms with van der Waals surface area (Å²) < 4.78 is 42.1. The molecule has 0 spiro atoms. The zero-order chi connectivity index (χ0) is 17.4. The smallest absolute Gasteiger partial charge is 0.224 e. The van der Waals surface area contributed by atoms with E-state index in [1.165, 1.54) is 10.8 Å². The summed E-state index contributed by atoms with van der Waals surface area (Å²) in [4.78, 5) is 12.7. The SMILES string of the molecule is CC(C)Nc1ncc2nc(Nc3c(F)cc(F)cc3F)n(C)c2n1. The van der Waals surface area contributed by atoms with Gasteiger partial charge in [-0.2, -0.15) is 4.98 Å². The van der Waals surface area contributed by atoms with Gasteiger partial charge in [-0.1, -0.05) is 0 Å². The number of anilines is 3. The number of fused-ring (bicyclic) bond motifs is 1. The fourth-order valence-electron chi connectivity index (χ4n) is 2.19. The molecule has 6 nitrogen and oxygen atoms in total. The van der Waals surface area contributed by atoms with E-state index in [9.17, 15) is 13.2 Å². The Bertz CT molecular complexity index is 883. The van der Waals surface area contributed by atoms with Gasteiger partial charge in [-0.25, -0.2) is 23.1 Å². The van der Waals surface area contributed by atoms with Gasteiger partial charge < -0.3 is 10.6 Å². The Morgan fingerprint density at radius 2 is 1.75 bits per heavy atom. The van der Waals surface area contributed by atoms with Gasteiger partial charge in [0.15, 0.2) is 17.3 Å². The maximum Gasteiger partial charge on any atom is 0.224 e. The Hall–Kier alpha value is -2.84. The van der Waals surface area contributed by atoms with E-state index in [1.54, 1.807) is 7.05 Å². The van der Waals surface area contributed by atoms with E-state index in [0.717, 1.165) is 0 Å². The van der Waals surface area contributed by atoms with Gasteiger partial charge in [0, 0.05) is 25.2 Å². The highest BCUT2D eigenvalue weighted by Gasteiger charge is 2.16. The van der Waals surface area contributed by atoms with E-state index in [4.69, 9.17) is 0 Å². The van der Waals surface area contributed by atoms with Crippen LogP contribution in [0.2, 0.25) is 0 Å². The van der Waals surface area contributed by atoms with Gasteiger partial charge in [-0.05, 0) is 13.8 Å². The van der Waals surface area contributed by atoms with Crippen LogP contribution in [0.4, 0.5) is 30.8 Å². The molecule has 0 saturated carbocycles. The van der Waals surface area contributed by atoms with Crippen molar-refractivity contribution in [3.63, 3.8) is 0 Å². The van der Waals surface area contributed by atoms with E-state index in [1.807, 2.05) is 13.8 Å². The second-order valence-electron chi connectivity index (χ2n) is 5.57. The van der Waals surface area contributed by atoms with Crippen molar-refractivity contribution in [2.24, 2.45) is 7.05 Å². The van der Waals surface area contributed by atoms with Crippen LogP contribution >= 0.6 is 0 Å². The molecule has 3 rings (SSSR count). The van der Waals surface area contributed by atoms with Crippen LogP contribution < -0.4 is 10.6 Å². The lowest BCUT2D eigenvalue weighted by atomic mass is 10.3. The molecule has 0 aliphatic heterocycles. The summed E-state index contributed by atoms with van der Waals surface area (Å²) in [5, 5.41) is 5.59. The summed E-state index contributed by atoms with van der Waals surface area (Å²) in [6.45, 7) is 3.90. The summed E-state index contributed by atoms with van der Waals surface area (Å²) in [5.74, 6) is -2.51. The fourth-order valence-corrected chi connectivity index (χ4v) is 2.19. The van der Waals surface area contributed by atoms with Gasteiger partial charge in [-0.15, -0.1) is 0 Å². The van der Waals surface area contributed by atoms with Crippen molar-refractivity contribution in [1.82, 2.24) is 19.5 Å². The number of rotatable bonds is 4. The second kappa shape index (κ2) is 5.99. The molecule has 0 radical (unpaired) electrons. The Morgan fingerprint density at radius 1 is 1.08 bits per heavy atom. The first-order valence-corrected chi connectivity index (χ1v) is 7.22. The first kappa shape index (κ1) is 16.0. The van der Waals surface area contributed by atoms with Crippen LogP contribution in [0.3, 0.4) is 0 Å². The number of imidazole rings is 1. The molecule has 2 heterocycles. The fraction of sp³-hybridized carbons (Fsp3) is 0.267. The van der Waals surface area contributed by atoms with Crippen LogP contribution in [0, 0.1) is 17.5 Å². The summed E-state index contributed by atoms with van der Waals surface area (Å²) in [5.41, 5.74) is 0.458. The molecule has 3 aromatic rings. The molecule has 0 amide bonds. The van der Waals surface area contributed by atoms with E-state index in [-0.39, 0.29) is 12.0 Å². The monoisotopic (exact) mass is 336 g/mol. The van der Waals surface area contributed by atoms with Crippen LogP contribution in [0.25, 0.3) is 11.2 Å². The van der Waals surface area contributed by atoms with Crippen molar-refractivity contribution in [2.45, 2.75) is 19.9 Å². The van der Waals surface area contributed by atoms with Gasteiger partial charge in [0.2, 0.25) is 11.9 Å². The van der Waals surface area contributed by atoms with E-state index in [2.05, 4.69) is 25.6 Å². The topological polar surface area (TPSA) is 67.7 Å². The minimum atomic E-state index is -1.05. The molecule has 0 aliphatic carbocycles. The minimum Gasteiger partial charge on any atom is -0.352 e. The molecule has 0 atom stereocenters. The number of hydrogen-bond acceptors (Lipinski definition) is 5. The van der Waals surface area contributed by atoms with Crippen LogP contribution in [-0.4, -0.2) is 25.6 Å². The molecule has 2 aromatic heterocycles. The van der Waals surface area contributed by atoms with Crippen molar-refractivity contribution in [3.05, 3.63) is 35.8 Å². The molecular formula is C15H15F3N6. The molecule has 9 heteroatoms. The molecule has 0 unspecified atom stereocenters. The molecule has 0 aliphatic rings. The van der Waals surface area contributed by atoms with Crippen molar-refractivity contribution in [2.75, 3.05) is 10.6 Å². The number of aromatic nitrogens is 4. The number of hydrogen-bond donors (Lipinski definition) is 2. The normalized spacial score (nSPS) is 11.3. The van der Waals surface area contributed by atoms with Gasteiger partial charge in [0.05, 0.1) is 6.20 Å². The Labute approximate surface area is 135 Å². The summed E-state index contributed by atoms with van der Waals surface area (Å²) in [6.07, 6.45) is 1.51. The van der Waals surface area contributed by atoms with Crippen molar-refractivity contribution >= 4 is 28.7 Å². The zero-order valence-electron chi connectivity index (χ0n) is 13.2. The van der Waals surface area contributed by atoms with Crippen LogP contribution in [-0.2, 0) is 7.05 Å². The molecule has 126 valence electrons. The number of nitrogens with zero attached hydrogens (tertiary/aromatic N) is 4. The number of halogens is 3. The first-order chi connectivity index (χ1) is 11.3. The van der Waals surface area contributed by atoms with Crippen molar-refractivity contribution in [1.29, 1.82) is 0 Å². The highest BCUT2D eigenvalue weighted by atomic mass is 19.1. The lowest BCUT2D eigenvalue weighted by Gasteiger charge is -2.09. The van der Waals surface area contributed by atoms with E-state index >= 15 is 0 Å². The molecule has 24 heavy (non-hydrogen) atoms. The lowest BCUT2D eigenvalue weighted by molar-refractivity contribution is 0.548. The molecule has 0 bridgehead atoms.